The number of hydrogen-bond donors (Lipinski definition) is 3. The molecule has 0 spiro atoms. The zero-order chi connectivity index (χ0) is 22.6. The first-order valence-corrected chi connectivity index (χ1v) is 11.9. The molecule has 0 fully saturated rings. The Balaban J connectivity index is 1.24. The smallest absolute Gasteiger partial charge is 0.174 e. The summed E-state index contributed by atoms with van der Waals surface area (Å²) in [4.78, 5) is 21.3. The lowest BCUT2D eigenvalue weighted by atomic mass is 9.75. The molecule has 0 saturated carbocycles. The molecule has 2 aliphatic rings. The van der Waals surface area contributed by atoms with Gasteiger partial charge in [-0.25, -0.2) is 4.98 Å². The van der Waals surface area contributed by atoms with E-state index in [9.17, 15) is 4.79 Å². The Morgan fingerprint density at radius 3 is 2.85 bits per heavy atom. The highest BCUT2D eigenvalue weighted by atomic mass is 32.2. The van der Waals surface area contributed by atoms with Gasteiger partial charge in [0.2, 0.25) is 0 Å². The molecule has 2 unspecified atom stereocenters. The summed E-state index contributed by atoms with van der Waals surface area (Å²) < 4.78 is 11.9. The molecule has 3 N–H and O–H groups in total. The van der Waals surface area contributed by atoms with Crippen LogP contribution in [-0.4, -0.2) is 25.9 Å². The fourth-order valence-corrected chi connectivity index (χ4v) is 5.71. The zero-order valence-corrected chi connectivity index (χ0v) is 18.7. The summed E-state index contributed by atoms with van der Waals surface area (Å²) in [6, 6.07) is 15.6. The van der Waals surface area contributed by atoms with E-state index in [1.165, 1.54) is 11.8 Å². The number of hydrogen-bond acceptors (Lipinski definition) is 7. The number of nitrogens with one attached hydrogen (secondary N) is 3. The third-order valence-electron chi connectivity index (χ3n) is 6.45. The summed E-state index contributed by atoms with van der Waals surface area (Å²) in [5.41, 5.74) is 4.42. The number of ketones is 1. The topological polar surface area (TPSA) is 113 Å². The molecule has 9 heteroatoms. The van der Waals surface area contributed by atoms with Crippen molar-refractivity contribution in [1.29, 1.82) is 0 Å². The monoisotopic (exact) mass is 469 g/mol. The quantitative estimate of drug-likeness (QED) is 0.315. The Morgan fingerprint density at radius 2 is 1.97 bits per heavy atom. The van der Waals surface area contributed by atoms with Gasteiger partial charge in [0.25, 0.3) is 0 Å². The fraction of sp³-hybridized carbons (Fsp3) is 0.160. The summed E-state index contributed by atoms with van der Waals surface area (Å²) in [7, 11) is 0. The highest BCUT2D eigenvalue weighted by Crippen LogP contribution is 2.48. The predicted octanol–water partition coefficient (Wildman–Crippen LogP) is 5.58. The molecule has 5 aromatic rings. The number of allylic oxidation sites excluding steroid dienone is 2. The van der Waals surface area contributed by atoms with E-state index in [1.807, 2.05) is 48.5 Å². The number of rotatable bonds is 4. The first-order valence-electron chi connectivity index (χ1n) is 11.0. The van der Waals surface area contributed by atoms with E-state index in [0.29, 0.717) is 23.7 Å². The van der Waals surface area contributed by atoms with Gasteiger partial charge in [-0.3, -0.25) is 9.89 Å². The van der Waals surface area contributed by atoms with Crippen molar-refractivity contribution in [2.75, 3.05) is 5.32 Å². The van der Waals surface area contributed by atoms with Crippen molar-refractivity contribution in [2.24, 2.45) is 0 Å². The van der Waals surface area contributed by atoms with Crippen LogP contribution in [-0.2, 0) is 4.79 Å². The summed E-state index contributed by atoms with van der Waals surface area (Å²) in [5.74, 6) is 2.11. The van der Waals surface area contributed by atoms with Crippen molar-refractivity contribution in [2.45, 2.75) is 34.9 Å². The molecule has 1 aliphatic carbocycles. The van der Waals surface area contributed by atoms with Crippen LogP contribution in [0.3, 0.4) is 0 Å². The van der Waals surface area contributed by atoms with Crippen molar-refractivity contribution in [1.82, 2.24) is 20.2 Å². The van der Waals surface area contributed by atoms with Crippen LogP contribution in [0.4, 0.5) is 5.82 Å². The standard InChI is InChI=1S/C25H19N5O3S/c31-18-11-13(19-6-3-9-32-19)10-17-23(18)22(14-12-26-30-24(14)27-17)20-7-8-21(33-20)34-25-28-15-4-1-2-5-16(15)29-25/h1-9,12-13,22H,10-11H2,(H,28,29)(H2,26,27,30). The largest absolute Gasteiger partial charge is 0.469 e. The number of furan rings is 2. The van der Waals surface area contributed by atoms with Crippen LogP contribution in [0.15, 0.2) is 91.3 Å². The van der Waals surface area contributed by atoms with Gasteiger partial charge in [0.1, 0.15) is 17.3 Å². The number of para-hydroxylation sites is 2. The first kappa shape index (κ1) is 19.5. The number of carbonyl (C=O) groups is 1. The second kappa shape index (κ2) is 7.53. The number of aromatic nitrogens is 4. The molecule has 34 heavy (non-hydrogen) atoms. The molecule has 0 bridgehead atoms. The van der Waals surface area contributed by atoms with Crippen LogP contribution >= 0.6 is 11.8 Å². The van der Waals surface area contributed by atoms with Crippen LogP contribution in [0.2, 0.25) is 0 Å². The molecule has 1 aliphatic heterocycles. The molecule has 1 aromatic carbocycles. The van der Waals surface area contributed by atoms with Crippen molar-refractivity contribution in [3.05, 3.63) is 89.3 Å². The Hall–Kier alpha value is -3.98. The predicted molar refractivity (Wildman–Crippen MR) is 126 cm³/mol. The summed E-state index contributed by atoms with van der Waals surface area (Å²) >= 11 is 1.42. The lowest BCUT2D eigenvalue weighted by molar-refractivity contribution is -0.116. The van der Waals surface area contributed by atoms with Crippen LogP contribution in [0.1, 0.15) is 41.8 Å². The minimum absolute atomic E-state index is 0.00896. The van der Waals surface area contributed by atoms with Gasteiger partial charge in [-0.15, -0.1) is 0 Å². The van der Waals surface area contributed by atoms with Crippen LogP contribution in [0.5, 0.6) is 0 Å². The van der Waals surface area contributed by atoms with Gasteiger partial charge in [0.15, 0.2) is 16.0 Å². The second-order valence-corrected chi connectivity index (χ2v) is 9.51. The SMILES string of the molecule is O=C1CC(c2ccco2)CC2=C1C(c1ccc(Sc3nc4ccccc4[nH]3)o1)c1cn[nH]c1N2. The molecule has 2 atom stereocenters. The zero-order valence-electron chi connectivity index (χ0n) is 17.9. The Labute approximate surface area is 197 Å². The number of carbonyl (C=O) groups excluding carboxylic acids is 1. The molecule has 5 heterocycles. The fourth-order valence-electron chi connectivity index (χ4n) is 4.94. The lowest BCUT2D eigenvalue weighted by Crippen LogP contribution is -2.29. The Bertz CT molecular complexity index is 1520. The molecule has 168 valence electrons. The van der Waals surface area contributed by atoms with E-state index in [1.54, 1.807) is 12.5 Å². The highest BCUT2D eigenvalue weighted by molar-refractivity contribution is 7.99. The van der Waals surface area contributed by atoms with Crippen molar-refractivity contribution >= 4 is 34.4 Å². The Morgan fingerprint density at radius 1 is 1.03 bits per heavy atom. The number of fused-ring (bicyclic) bond motifs is 2. The van der Waals surface area contributed by atoms with Gasteiger partial charge in [-0.1, -0.05) is 12.1 Å². The first-order chi connectivity index (χ1) is 16.7. The minimum Gasteiger partial charge on any atom is -0.469 e. The van der Waals surface area contributed by atoms with Gasteiger partial charge in [0.05, 0.1) is 29.4 Å². The Kier molecular flexibility index (Phi) is 4.31. The summed E-state index contributed by atoms with van der Waals surface area (Å²) in [6.45, 7) is 0. The second-order valence-electron chi connectivity index (χ2n) is 8.51. The van der Waals surface area contributed by atoms with E-state index in [4.69, 9.17) is 8.83 Å². The van der Waals surface area contributed by atoms with Gasteiger partial charge in [0, 0.05) is 29.2 Å². The number of imidazole rings is 1. The van der Waals surface area contributed by atoms with E-state index in [0.717, 1.165) is 44.6 Å². The van der Waals surface area contributed by atoms with Crippen LogP contribution < -0.4 is 5.32 Å². The van der Waals surface area contributed by atoms with E-state index in [-0.39, 0.29) is 17.6 Å². The molecule has 0 saturated heterocycles. The van der Waals surface area contributed by atoms with E-state index < -0.39 is 0 Å². The molecule has 0 radical (unpaired) electrons. The molecule has 8 nitrogen and oxygen atoms in total. The molecule has 4 aromatic heterocycles. The normalized spacial score (nSPS) is 19.8. The van der Waals surface area contributed by atoms with Crippen molar-refractivity contribution < 1.29 is 13.6 Å². The van der Waals surface area contributed by atoms with Gasteiger partial charge < -0.3 is 19.1 Å². The van der Waals surface area contributed by atoms with Gasteiger partial charge in [-0.05, 0) is 54.6 Å². The number of aromatic amines is 2. The maximum atomic E-state index is 13.4. The average molecular weight is 470 g/mol. The molecule has 0 amide bonds. The number of H-pyrrole nitrogens is 2. The lowest BCUT2D eigenvalue weighted by Gasteiger charge is -2.33. The molecule has 7 rings (SSSR count). The number of Topliss-reactive ketones (excluding diaryl/α,β-unsaturated/α-hetero) is 1. The third-order valence-corrected chi connectivity index (χ3v) is 7.26. The summed E-state index contributed by atoms with van der Waals surface area (Å²) in [5, 5.41) is 12.1. The molecular formula is C25H19N5O3S. The van der Waals surface area contributed by atoms with Gasteiger partial charge >= 0.3 is 0 Å². The van der Waals surface area contributed by atoms with Crippen molar-refractivity contribution in [3.8, 4) is 0 Å². The number of benzene rings is 1. The summed E-state index contributed by atoms with van der Waals surface area (Å²) in [6.07, 6.45) is 4.50. The van der Waals surface area contributed by atoms with E-state index in [2.05, 4.69) is 25.5 Å². The van der Waals surface area contributed by atoms with Crippen LogP contribution in [0, 0.1) is 0 Å². The third kappa shape index (κ3) is 3.12. The van der Waals surface area contributed by atoms with Crippen LogP contribution in [0.25, 0.3) is 11.0 Å². The maximum Gasteiger partial charge on any atom is 0.174 e. The highest BCUT2D eigenvalue weighted by Gasteiger charge is 2.41. The maximum absolute atomic E-state index is 13.4. The van der Waals surface area contributed by atoms with Crippen molar-refractivity contribution in [3.63, 3.8) is 0 Å². The minimum atomic E-state index is -0.319. The van der Waals surface area contributed by atoms with E-state index >= 15 is 0 Å². The average Bonchev–Trinajstić information content (AvgIpc) is 3.64. The number of nitrogens with zero attached hydrogens (tertiary/aromatic N) is 2. The van der Waals surface area contributed by atoms with Gasteiger partial charge in [-0.2, -0.15) is 5.10 Å². The number of anilines is 1. The molecular weight excluding hydrogens is 450 g/mol.